The first-order valence-electron chi connectivity index (χ1n) is 9.66. The Hall–Kier alpha value is -3.11. The molecule has 10 heteroatoms. The normalized spacial score (nSPS) is 18.9. The summed E-state index contributed by atoms with van der Waals surface area (Å²) in [5.41, 5.74) is 5.38. The van der Waals surface area contributed by atoms with Crippen LogP contribution in [0.1, 0.15) is 25.3 Å². The van der Waals surface area contributed by atoms with Crippen molar-refractivity contribution in [3.63, 3.8) is 0 Å². The van der Waals surface area contributed by atoms with Gasteiger partial charge in [-0.2, -0.15) is 4.98 Å². The van der Waals surface area contributed by atoms with Gasteiger partial charge in [-0.15, -0.1) is 0 Å². The van der Waals surface area contributed by atoms with Gasteiger partial charge in [-0.05, 0) is 43.0 Å². The maximum Gasteiger partial charge on any atom is 0.349 e. The molecule has 7 nitrogen and oxygen atoms in total. The number of nitrogens with zero attached hydrogens (tertiary/aromatic N) is 2. The summed E-state index contributed by atoms with van der Waals surface area (Å²) in [6.45, 7) is 0. The SMILES string of the molecule is Nc1nc(=O)n([C@H]2CC[C@H](NS(=O)(=O)c3cccc(-c4ccccc4F)c3)C2)cc1F. The summed E-state index contributed by atoms with van der Waals surface area (Å²) in [6.07, 6.45) is 2.25. The first-order chi connectivity index (χ1) is 14.7. The second-order valence-corrected chi connectivity index (χ2v) is 9.17. The van der Waals surface area contributed by atoms with Crippen molar-refractivity contribution >= 4 is 15.8 Å². The van der Waals surface area contributed by atoms with E-state index in [0.29, 0.717) is 30.4 Å². The fourth-order valence-electron chi connectivity index (χ4n) is 3.85. The van der Waals surface area contributed by atoms with Crippen LogP contribution in [0.15, 0.2) is 64.4 Å². The molecule has 1 aliphatic rings. The molecule has 1 saturated carbocycles. The van der Waals surface area contributed by atoms with E-state index in [0.717, 1.165) is 10.8 Å². The van der Waals surface area contributed by atoms with Crippen LogP contribution in [-0.4, -0.2) is 24.0 Å². The molecule has 162 valence electrons. The Bertz CT molecular complexity index is 1290. The standard InChI is InChI=1S/C21H20F2N4O3S/c22-18-7-2-1-6-17(18)13-4-3-5-16(10-13)31(29,30)26-14-8-9-15(11-14)27-12-19(23)20(24)25-21(27)28/h1-7,10,12,14-15,26H,8-9,11H2,(H2,24,25,28)/t14-,15-/m0/s1. The Labute approximate surface area is 177 Å². The van der Waals surface area contributed by atoms with Gasteiger partial charge in [0.15, 0.2) is 11.6 Å². The van der Waals surface area contributed by atoms with Gasteiger partial charge in [-0.25, -0.2) is 26.7 Å². The van der Waals surface area contributed by atoms with Crippen LogP contribution in [0.2, 0.25) is 0 Å². The topological polar surface area (TPSA) is 107 Å². The minimum atomic E-state index is -3.89. The van der Waals surface area contributed by atoms with E-state index < -0.39 is 45.2 Å². The van der Waals surface area contributed by atoms with Crippen LogP contribution in [-0.2, 0) is 10.0 Å². The van der Waals surface area contributed by atoms with Crippen molar-refractivity contribution in [3.05, 3.63) is 76.8 Å². The molecule has 31 heavy (non-hydrogen) atoms. The number of halogens is 2. The molecule has 0 saturated heterocycles. The van der Waals surface area contributed by atoms with Crippen molar-refractivity contribution in [1.82, 2.24) is 14.3 Å². The quantitative estimate of drug-likeness (QED) is 0.627. The molecule has 4 rings (SSSR count). The van der Waals surface area contributed by atoms with Crippen LogP contribution < -0.4 is 16.1 Å². The number of hydrogen-bond donors (Lipinski definition) is 2. The van der Waals surface area contributed by atoms with E-state index in [9.17, 15) is 22.0 Å². The predicted octanol–water partition coefficient (Wildman–Crippen LogP) is 2.84. The number of hydrogen-bond acceptors (Lipinski definition) is 5. The molecular weight excluding hydrogens is 426 g/mol. The van der Waals surface area contributed by atoms with E-state index in [2.05, 4.69) is 9.71 Å². The van der Waals surface area contributed by atoms with Crippen molar-refractivity contribution in [3.8, 4) is 11.1 Å². The fraction of sp³-hybridized carbons (Fsp3) is 0.238. The molecule has 3 N–H and O–H groups in total. The summed E-state index contributed by atoms with van der Waals surface area (Å²) >= 11 is 0. The Kier molecular flexibility index (Phi) is 5.59. The highest BCUT2D eigenvalue weighted by molar-refractivity contribution is 7.89. The predicted molar refractivity (Wildman–Crippen MR) is 112 cm³/mol. The van der Waals surface area contributed by atoms with Gasteiger partial charge in [0.2, 0.25) is 10.0 Å². The zero-order chi connectivity index (χ0) is 22.2. The molecule has 1 aromatic heterocycles. The highest BCUT2D eigenvalue weighted by atomic mass is 32.2. The third kappa shape index (κ3) is 4.35. The molecular formula is C21H20F2N4O3S. The first-order valence-corrected chi connectivity index (χ1v) is 11.1. The zero-order valence-electron chi connectivity index (χ0n) is 16.3. The monoisotopic (exact) mass is 446 g/mol. The lowest BCUT2D eigenvalue weighted by molar-refractivity contribution is 0.461. The van der Waals surface area contributed by atoms with Gasteiger partial charge in [0, 0.05) is 23.8 Å². The second-order valence-electron chi connectivity index (χ2n) is 7.46. The molecule has 0 aliphatic heterocycles. The van der Waals surface area contributed by atoms with Crippen LogP contribution in [0.4, 0.5) is 14.6 Å². The summed E-state index contributed by atoms with van der Waals surface area (Å²) in [5, 5.41) is 0. The molecule has 0 bridgehead atoms. The summed E-state index contributed by atoms with van der Waals surface area (Å²) in [5.74, 6) is -1.71. The van der Waals surface area contributed by atoms with Crippen molar-refractivity contribution in [2.24, 2.45) is 0 Å². The van der Waals surface area contributed by atoms with E-state index in [1.165, 1.54) is 18.2 Å². The van der Waals surface area contributed by atoms with Crippen molar-refractivity contribution < 1.29 is 17.2 Å². The van der Waals surface area contributed by atoms with Crippen LogP contribution in [0.3, 0.4) is 0 Å². The second kappa shape index (κ2) is 8.20. The molecule has 2 aromatic carbocycles. The van der Waals surface area contributed by atoms with Gasteiger partial charge in [0.1, 0.15) is 5.82 Å². The smallest absolute Gasteiger partial charge is 0.349 e. The Morgan fingerprint density at radius 2 is 1.84 bits per heavy atom. The molecule has 0 amide bonds. The number of sulfonamides is 1. The van der Waals surface area contributed by atoms with E-state index in [-0.39, 0.29) is 4.90 Å². The number of nitrogens with two attached hydrogens (primary N) is 1. The lowest BCUT2D eigenvalue weighted by Crippen LogP contribution is -2.34. The van der Waals surface area contributed by atoms with Crippen LogP contribution in [0.25, 0.3) is 11.1 Å². The van der Waals surface area contributed by atoms with Crippen molar-refractivity contribution in [2.75, 3.05) is 5.73 Å². The van der Waals surface area contributed by atoms with E-state index in [1.807, 2.05) is 0 Å². The molecule has 0 radical (unpaired) electrons. The van der Waals surface area contributed by atoms with E-state index in [1.54, 1.807) is 30.3 Å². The van der Waals surface area contributed by atoms with Gasteiger partial charge in [-0.1, -0.05) is 30.3 Å². The Balaban J connectivity index is 1.53. The van der Waals surface area contributed by atoms with Crippen molar-refractivity contribution in [1.29, 1.82) is 0 Å². The summed E-state index contributed by atoms with van der Waals surface area (Å²) in [7, 11) is -3.89. The first kappa shape index (κ1) is 21.1. The molecule has 1 heterocycles. The highest BCUT2D eigenvalue weighted by Crippen LogP contribution is 2.31. The van der Waals surface area contributed by atoms with E-state index in [4.69, 9.17) is 5.73 Å². The molecule has 0 unspecified atom stereocenters. The maximum atomic E-state index is 14.1. The lowest BCUT2D eigenvalue weighted by atomic mass is 10.1. The number of anilines is 1. The Morgan fingerprint density at radius 3 is 2.61 bits per heavy atom. The number of benzene rings is 2. The number of nitrogens with one attached hydrogen (secondary N) is 1. The highest BCUT2D eigenvalue weighted by Gasteiger charge is 2.31. The lowest BCUT2D eigenvalue weighted by Gasteiger charge is -2.16. The largest absolute Gasteiger partial charge is 0.381 e. The van der Waals surface area contributed by atoms with Crippen molar-refractivity contribution in [2.45, 2.75) is 36.2 Å². The minimum absolute atomic E-state index is 0.00839. The zero-order valence-corrected chi connectivity index (χ0v) is 17.1. The van der Waals surface area contributed by atoms with Crippen LogP contribution in [0, 0.1) is 11.6 Å². The minimum Gasteiger partial charge on any atom is -0.381 e. The maximum absolute atomic E-state index is 14.1. The molecule has 0 spiro atoms. The average molecular weight is 446 g/mol. The third-order valence-electron chi connectivity index (χ3n) is 5.38. The van der Waals surface area contributed by atoms with Gasteiger partial charge < -0.3 is 5.73 Å². The third-order valence-corrected chi connectivity index (χ3v) is 6.90. The van der Waals surface area contributed by atoms with Crippen LogP contribution in [0.5, 0.6) is 0 Å². The number of rotatable bonds is 5. The number of nitrogen functional groups attached to an aromatic ring is 1. The molecule has 1 aliphatic carbocycles. The van der Waals surface area contributed by atoms with Gasteiger partial charge in [0.05, 0.1) is 4.90 Å². The molecule has 1 fully saturated rings. The average Bonchev–Trinajstić information content (AvgIpc) is 3.18. The molecule has 2 atom stereocenters. The van der Waals surface area contributed by atoms with Crippen LogP contribution >= 0.6 is 0 Å². The fourth-order valence-corrected chi connectivity index (χ4v) is 5.18. The van der Waals surface area contributed by atoms with Gasteiger partial charge in [-0.3, -0.25) is 4.57 Å². The number of aromatic nitrogens is 2. The summed E-state index contributed by atoms with van der Waals surface area (Å²) < 4.78 is 57.4. The summed E-state index contributed by atoms with van der Waals surface area (Å²) in [6, 6.07) is 11.3. The van der Waals surface area contributed by atoms with Gasteiger partial charge >= 0.3 is 5.69 Å². The van der Waals surface area contributed by atoms with E-state index >= 15 is 0 Å². The van der Waals surface area contributed by atoms with Gasteiger partial charge in [0.25, 0.3) is 0 Å². The summed E-state index contributed by atoms with van der Waals surface area (Å²) in [4.78, 5) is 15.5. The Morgan fingerprint density at radius 1 is 1.06 bits per heavy atom. The molecule has 3 aromatic rings.